The van der Waals surface area contributed by atoms with Crippen LogP contribution in [0.25, 0.3) is 0 Å². The van der Waals surface area contributed by atoms with Crippen molar-refractivity contribution in [1.82, 2.24) is 0 Å². The fraction of sp³-hybridized carbons (Fsp3) is 0.269. The van der Waals surface area contributed by atoms with E-state index in [4.69, 9.17) is 44.4 Å². The summed E-state index contributed by atoms with van der Waals surface area (Å²) in [5, 5.41) is 3.04. The van der Waals surface area contributed by atoms with Crippen molar-refractivity contribution < 1.29 is 24.0 Å². The molecule has 11 heteroatoms. The number of aryl methyl sites for hydroxylation is 1. The van der Waals surface area contributed by atoms with E-state index in [-0.39, 0.29) is 17.2 Å². The first-order chi connectivity index (χ1) is 17.6. The van der Waals surface area contributed by atoms with Crippen molar-refractivity contribution in [2.45, 2.75) is 32.9 Å². The van der Waals surface area contributed by atoms with Gasteiger partial charge in [0.05, 0.1) is 23.9 Å². The average Bonchev–Trinajstić information content (AvgIpc) is 3.45. The fourth-order valence-electron chi connectivity index (χ4n) is 4.69. The number of hydrogen-bond acceptors (Lipinski definition) is 7. The maximum Gasteiger partial charge on any atom is 0.341 e. The molecule has 192 valence electrons. The Balaban J connectivity index is 1.62. The van der Waals surface area contributed by atoms with Crippen LogP contribution in [0, 0.1) is 19.8 Å². The molecule has 0 unspecified atom stereocenters. The summed E-state index contributed by atoms with van der Waals surface area (Å²) >= 11 is 20.0. The van der Waals surface area contributed by atoms with Gasteiger partial charge in [0, 0.05) is 19.9 Å². The van der Waals surface area contributed by atoms with E-state index < -0.39 is 35.8 Å². The first kappa shape index (κ1) is 26.0. The van der Waals surface area contributed by atoms with Crippen LogP contribution < -0.4 is 9.96 Å². The molecule has 2 amide bonds. The first-order valence-corrected chi connectivity index (χ1v) is 13.4. The number of benzene rings is 2. The van der Waals surface area contributed by atoms with Gasteiger partial charge < -0.3 is 4.74 Å². The van der Waals surface area contributed by atoms with Crippen molar-refractivity contribution in [3.05, 3.63) is 79.1 Å². The number of rotatable bonds is 5. The number of ether oxygens (including phenoxy) is 1. The maximum atomic E-state index is 14.0. The minimum Gasteiger partial charge on any atom is -0.462 e. The number of imide groups is 1. The van der Waals surface area contributed by atoms with Crippen molar-refractivity contribution in [1.29, 1.82) is 0 Å². The molecular weight excluding hydrogens is 559 g/mol. The van der Waals surface area contributed by atoms with Gasteiger partial charge in [-0.1, -0.05) is 40.9 Å². The van der Waals surface area contributed by atoms with Gasteiger partial charge in [0.15, 0.2) is 6.10 Å². The van der Waals surface area contributed by atoms with Crippen molar-refractivity contribution in [2.75, 3.05) is 16.6 Å². The number of halogens is 3. The quantitative estimate of drug-likeness (QED) is 0.252. The van der Waals surface area contributed by atoms with E-state index in [9.17, 15) is 14.4 Å². The summed E-state index contributed by atoms with van der Waals surface area (Å²) in [6.45, 7) is 5.45. The lowest BCUT2D eigenvalue weighted by atomic mass is 9.90. The number of amides is 2. The summed E-state index contributed by atoms with van der Waals surface area (Å²) in [7, 11) is 0. The van der Waals surface area contributed by atoms with Crippen LogP contribution in [0.15, 0.2) is 42.5 Å². The summed E-state index contributed by atoms with van der Waals surface area (Å²) in [6, 6.07) is 11.1. The van der Waals surface area contributed by atoms with E-state index in [2.05, 4.69) is 0 Å². The lowest BCUT2D eigenvalue weighted by Gasteiger charge is -2.29. The molecule has 0 radical (unpaired) electrons. The number of thiophene rings is 1. The molecule has 5 rings (SSSR count). The van der Waals surface area contributed by atoms with Crippen LogP contribution in [-0.4, -0.2) is 30.5 Å². The second-order valence-electron chi connectivity index (χ2n) is 8.66. The molecule has 2 fully saturated rings. The number of carbonyl (C=O) groups is 3. The SMILES string of the molecule is CCOC(=O)c1c(N2C(=O)[C@H]3[C@H](ON(c4ccc(Cl)cc4)[C@@H]3c3ccc(Cl)cc3Cl)C2=O)sc(C)c1C. The number of esters is 1. The highest BCUT2D eigenvalue weighted by atomic mass is 35.5. The largest absolute Gasteiger partial charge is 0.462 e. The van der Waals surface area contributed by atoms with Crippen LogP contribution in [0.2, 0.25) is 15.1 Å². The number of fused-ring (bicyclic) bond motifs is 1. The molecule has 0 bridgehead atoms. The summed E-state index contributed by atoms with van der Waals surface area (Å²) in [6.07, 6.45) is -1.13. The number of hydroxylamine groups is 1. The highest BCUT2D eigenvalue weighted by Crippen LogP contribution is 2.51. The van der Waals surface area contributed by atoms with Gasteiger partial charge in [-0.05, 0) is 68.3 Å². The van der Waals surface area contributed by atoms with Gasteiger partial charge in [0.2, 0.25) is 5.91 Å². The Kier molecular flexibility index (Phi) is 6.98. The molecule has 2 aliphatic rings. The molecule has 0 aliphatic carbocycles. The molecule has 2 saturated heterocycles. The minimum atomic E-state index is -1.13. The van der Waals surface area contributed by atoms with Crippen LogP contribution in [0.1, 0.15) is 39.3 Å². The van der Waals surface area contributed by atoms with Crippen molar-refractivity contribution in [3.8, 4) is 0 Å². The van der Waals surface area contributed by atoms with Crippen molar-refractivity contribution >= 4 is 74.6 Å². The summed E-state index contributed by atoms with van der Waals surface area (Å²) in [4.78, 5) is 48.6. The Morgan fingerprint density at radius 3 is 2.35 bits per heavy atom. The van der Waals surface area contributed by atoms with Gasteiger partial charge in [-0.15, -0.1) is 11.3 Å². The number of nitrogens with zero attached hydrogens (tertiary/aromatic N) is 2. The molecule has 0 saturated carbocycles. The highest BCUT2D eigenvalue weighted by molar-refractivity contribution is 7.17. The molecule has 37 heavy (non-hydrogen) atoms. The monoisotopic (exact) mass is 578 g/mol. The van der Waals surface area contributed by atoms with Gasteiger partial charge in [-0.25, -0.2) is 14.8 Å². The zero-order valence-electron chi connectivity index (χ0n) is 20.0. The lowest BCUT2D eigenvalue weighted by molar-refractivity contribution is -0.126. The Morgan fingerprint density at radius 1 is 1.03 bits per heavy atom. The molecule has 0 spiro atoms. The molecule has 3 aromatic rings. The Hall–Kier alpha value is -2.62. The van der Waals surface area contributed by atoms with E-state index in [1.165, 1.54) is 16.4 Å². The Morgan fingerprint density at radius 2 is 1.70 bits per heavy atom. The third kappa shape index (κ3) is 4.30. The van der Waals surface area contributed by atoms with Crippen LogP contribution in [0.4, 0.5) is 10.7 Å². The number of hydrogen-bond donors (Lipinski definition) is 0. The molecule has 2 aliphatic heterocycles. The Labute approximate surface area is 232 Å². The molecule has 3 heterocycles. The third-order valence-electron chi connectivity index (χ3n) is 6.53. The maximum absolute atomic E-state index is 14.0. The second kappa shape index (κ2) is 9.93. The average molecular weight is 580 g/mol. The predicted molar refractivity (Wildman–Crippen MR) is 144 cm³/mol. The van der Waals surface area contributed by atoms with Crippen LogP contribution >= 0.6 is 46.1 Å². The van der Waals surface area contributed by atoms with Crippen molar-refractivity contribution in [2.24, 2.45) is 5.92 Å². The standard InChI is InChI=1S/C26H21Cl3N2O5S/c1-4-35-26(34)19-12(2)13(3)37-25(19)30-23(32)20-21(17-10-7-15(28)11-18(17)29)31(36-22(20)24(30)33)16-8-5-14(27)6-9-16/h5-11,20-22H,4H2,1-3H3/t20-,21-,22+/m1/s1. The second-order valence-corrected chi connectivity index (χ2v) is 11.1. The van der Waals surface area contributed by atoms with E-state index in [1.54, 1.807) is 56.3 Å². The first-order valence-electron chi connectivity index (χ1n) is 11.5. The summed E-state index contributed by atoms with van der Waals surface area (Å²) < 4.78 is 5.23. The third-order valence-corrected chi connectivity index (χ3v) is 8.53. The van der Waals surface area contributed by atoms with Crippen LogP contribution in [0.5, 0.6) is 0 Å². The summed E-state index contributed by atoms with van der Waals surface area (Å²) in [5.74, 6) is -2.57. The molecule has 1 aromatic heterocycles. The number of anilines is 2. The minimum absolute atomic E-state index is 0.163. The molecule has 2 aromatic carbocycles. The summed E-state index contributed by atoms with van der Waals surface area (Å²) in [5.41, 5.74) is 2.04. The highest BCUT2D eigenvalue weighted by Gasteiger charge is 2.61. The number of carbonyl (C=O) groups excluding carboxylic acids is 3. The smallest absolute Gasteiger partial charge is 0.341 e. The zero-order valence-corrected chi connectivity index (χ0v) is 23.0. The molecule has 3 atom stereocenters. The molecule has 7 nitrogen and oxygen atoms in total. The van der Waals surface area contributed by atoms with E-state index in [0.29, 0.717) is 31.9 Å². The van der Waals surface area contributed by atoms with Gasteiger partial charge >= 0.3 is 5.97 Å². The van der Waals surface area contributed by atoms with Crippen molar-refractivity contribution in [3.63, 3.8) is 0 Å². The van der Waals surface area contributed by atoms with E-state index in [1.807, 2.05) is 6.92 Å². The predicted octanol–water partition coefficient (Wildman–Crippen LogP) is 6.55. The van der Waals surface area contributed by atoms with Gasteiger partial charge in [-0.2, -0.15) is 0 Å². The van der Waals surface area contributed by atoms with E-state index in [0.717, 1.165) is 9.78 Å². The van der Waals surface area contributed by atoms with Crippen LogP contribution in [0.3, 0.4) is 0 Å². The fourth-order valence-corrected chi connectivity index (χ4v) is 6.50. The molecule has 0 N–H and O–H groups in total. The lowest BCUT2D eigenvalue weighted by Crippen LogP contribution is -2.37. The Bertz CT molecular complexity index is 1420. The van der Waals surface area contributed by atoms with Gasteiger partial charge in [0.1, 0.15) is 10.9 Å². The normalized spacial score (nSPS) is 21.1. The topological polar surface area (TPSA) is 76.2 Å². The molecular formula is C26H21Cl3N2O5S. The van der Waals surface area contributed by atoms with Gasteiger partial charge in [0.25, 0.3) is 5.91 Å². The van der Waals surface area contributed by atoms with Crippen LogP contribution in [-0.2, 0) is 19.2 Å². The van der Waals surface area contributed by atoms with E-state index >= 15 is 0 Å². The zero-order chi connectivity index (χ0) is 26.6. The van der Waals surface area contributed by atoms with Gasteiger partial charge in [-0.3, -0.25) is 14.4 Å².